The molecule has 2 fully saturated rings. The third kappa shape index (κ3) is 1.37. The second-order valence-electron chi connectivity index (χ2n) is 3.64. The number of nitrogens with zero attached hydrogens (tertiary/aromatic N) is 1. The van der Waals surface area contributed by atoms with E-state index >= 15 is 0 Å². The number of fused-ring (bicyclic) bond motifs is 1. The van der Waals surface area contributed by atoms with Crippen LogP contribution >= 0.6 is 0 Å². The highest BCUT2D eigenvalue weighted by Gasteiger charge is 2.42. The van der Waals surface area contributed by atoms with Crippen molar-refractivity contribution in [3.8, 4) is 0 Å². The average molecular weight is 171 g/mol. The van der Waals surface area contributed by atoms with Crippen molar-refractivity contribution in [2.45, 2.75) is 26.2 Å². The molecule has 2 aliphatic heterocycles. The van der Waals surface area contributed by atoms with Crippen molar-refractivity contribution in [2.75, 3.05) is 26.3 Å². The first-order chi connectivity index (χ1) is 5.81. The summed E-state index contributed by atoms with van der Waals surface area (Å²) in [4.78, 5) is 2.37. The van der Waals surface area contributed by atoms with Crippen LogP contribution in [0, 0.1) is 5.92 Å². The van der Waals surface area contributed by atoms with Crippen molar-refractivity contribution in [3.05, 3.63) is 0 Å². The minimum absolute atomic E-state index is 0.268. The molecule has 3 heteroatoms. The van der Waals surface area contributed by atoms with Gasteiger partial charge in [-0.3, -0.25) is 4.90 Å². The van der Waals surface area contributed by atoms with Crippen LogP contribution in [0.25, 0.3) is 0 Å². The van der Waals surface area contributed by atoms with E-state index in [1.54, 1.807) is 0 Å². The quantitative estimate of drug-likeness (QED) is 0.624. The van der Waals surface area contributed by atoms with E-state index < -0.39 is 0 Å². The van der Waals surface area contributed by atoms with Crippen molar-refractivity contribution in [3.63, 3.8) is 0 Å². The van der Waals surface area contributed by atoms with Gasteiger partial charge in [0.05, 0.1) is 12.7 Å². The summed E-state index contributed by atoms with van der Waals surface area (Å²) in [5, 5.41) is 0. The number of hydrogen-bond acceptors (Lipinski definition) is 3. The van der Waals surface area contributed by atoms with Crippen LogP contribution in [0.5, 0.6) is 0 Å². The lowest BCUT2D eigenvalue weighted by molar-refractivity contribution is -0.0842. The number of hydrogen-bond donors (Lipinski definition) is 0. The number of likely N-dealkylation sites (tertiary alicyclic amines) is 1. The van der Waals surface area contributed by atoms with E-state index in [0.29, 0.717) is 6.10 Å². The Kier molecular flexibility index (Phi) is 2.35. The smallest absolute Gasteiger partial charge is 0.107 e. The van der Waals surface area contributed by atoms with E-state index in [1.165, 1.54) is 0 Å². The summed E-state index contributed by atoms with van der Waals surface area (Å²) >= 11 is 0. The van der Waals surface area contributed by atoms with Gasteiger partial charge in [0.25, 0.3) is 0 Å². The first-order valence-electron chi connectivity index (χ1n) is 4.78. The van der Waals surface area contributed by atoms with Crippen molar-refractivity contribution in [1.29, 1.82) is 0 Å². The Labute approximate surface area is 73.6 Å². The lowest BCUT2D eigenvalue weighted by atomic mass is 10.0. The lowest BCUT2D eigenvalue weighted by Gasteiger charge is -2.28. The van der Waals surface area contributed by atoms with E-state index in [-0.39, 0.29) is 6.23 Å². The van der Waals surface area contributed by atoms with Crippen LogP contribution in [-0.2, 0) is 9.47 Å². The topological polar surface area (TPSA) is 21.7 Å². The van der Waals surface area contributed by atoms with E-state index in [9.17, 15) is 0 Å². The number of rotatable bonds is 3. The molecular weight excluding hydrogens is 154 g/mol. The fourth-order valence-corrected chi connectivity index (χ4v) is 1.99. The van der Waals surface area contributed by atoms with Crippen LogP contribution in [0.4, 0.5) is 0 Å². The molecule has 0 spiro atoms. The molecule has 3 unspecified atom stereocenters. The number of ether oxygens (including phenoxy) is 2. The van der Waals surface area contributed by atoms with Crippen molar-refractivity contribution >= 4 is 0 Å². The molecule has 0 bridgehead atoms. The third-order valence-corrected chi connectivity index (χ3v) is 2.86. The zero-order valence-corrected chi connectivity index (χ0v) is 7.82. The maximum atomic E-state index is 5.52. The zero-order valence-electron chi connectivity index (χ0n) is 7.82. The minimum Gasteiger partial charge on any atom is -0.376 e. The summed E-state index contributed by atoms with van der Waals surface area (Å²) < 4.78 is 10.9. The lowest BCUT2D eigenvalue weighted by Crippen LogP contribution is -2.38. The highest BCUT2D eigenvalue weighted by atomic mass is 16.5. The molecular formula is C9H17NO2. The third-order valence-electron chi connectivity index (χ3n) is 2.86. The van der Waals surface area contributed by atoms with Gasteiger partial charge < -0.3 is 9.47 Å². The van der Waals surface area contributed by atoms with Gasteiger partial charge in [0.2, 0.25) is 0 Å². The summed E-state index contributed by atoms with van der Waals surface area (Å²) in [6.45, 7) is 8.14. The van der Waals surface area contributed by atoms with Gasteiger partial charge in [0.15, 0.2) is 0 Å². The summed E-state index contributed by atoms with van der Waals surface area (Å²) in [6, 6.07) is 0. The molecule has 0 N–H and O–H groups in total. The van der Waals surface area contributed by atoms with E-state index in [4.69, 9.17) is 9.47 Å². The summed E-state index contributed by atoms with van der Waals surface area (Å²) in [5.41, 5.74) is 0. The predicted molar refractivity (Wildman–Crippen MR) is 45.9 cm³/mol. The molecule has 12 heavy (non-hydrogen) atoms. The van der Waals surface area contributed by atoms with E-state index in [1.807, 2.05) is 6.92 Å². The van der Waals surface area contributed by atoms with Gasteiger partial charge in [-0.05, 0) is 13.8 Å². The van der Waals surface area contributed by atoms with Gasteiger partial charge >= 0.3 is 0 Å². The van der Waals surface area contributed by atoms with E-state index in [0.717, 1.165) is 32.2 Å². The van der Waals surface area contributed by atoms with Crippen LogP contribution in [0.3, 0.4) is 0 Å². The summed E-state index contributed by atoms with van der Waals surface area (Å²) in [6.07, 6.45) is 0.775. The molecule has 2 aliphatic rings. The molecule has 2 rings (SSSR count). The van der Waals surface area contributed by atoms with Crippen LogP contribution in [0.1, 0.15) is 13.8 Å². The summed E-state index contributed by atoms with van der Waals surface area (Å²) in [7, 11) is 0. The zero-order chi connectivity index (χ0) is 8.55. The molecule has 70 valence electrons. The molecule has 0 aromatic carbocycles. The van der Waals surface area contributed by atoms with Crippen LogP contribution in [-0.4, -0.2) is 43.5 Å². The van der Waals surface area contributed by atoms with E-state index in [2.05, 4.69) is 11.8 Å². The van der Waals surface area contributed by atoms with Gasteiger partial charge in [0.1, 0.15) is 6.23 Å². The van der Waals surface area contributed by atoms with Crippen LogP contribution < -0.4 is 0 Å². The fraction of sp³-hybridized carbons (Fsp3) is 1.00. The monoisotopic (exact) mass is 171 g/mol. The highest BCUT2D eigenvalue weighted by Crippen LogP contribution is 2.29. The van der Waals surface area contributed by atoms with Gasteiger partial charge in [-0.25, -0.2) is 0 Å². The van der Waals surface area contributed by atoms with Crippen molar-refractivity contribution < 1.29 is 9.47 Å². The Hall–Kier alpha value is -0.120. The maximum absolute atomic E-state index is 5.52. The largest absolute Gasteiger partial charge is 0.376 e. The maximum Gasteiger partial charge on any atom is 0.107 e. The molecule has 2 heterocycles. The molecule has 0 saturated carbocycles. The Morgan fingerprint density at radius 1 is 1.58 bits per heavy atom. The highest BCUT2D eigenvalue weighted by molar-refractivity contribution is 4.91. The Morgan fingerprint density at radius 3 is 2.83 bits per heavy atom. The van der Waals surface area contributed by atoms with Crippen molar-refractivity contribution in [2.24, 2.45) is 5.92 Å². The second-order valence-corrected chi connectivity index (χ2v) is 3.64. The fourth-order valence-electron chi connectivity index (χ4n) is 1.99. The Morgan fingerprint density at radius 2 is 2.42 bits per heavy atom. The normalized spacial score (nSPS) is 37.5. The van der Waals surface area contributed by atoms with Gasteiger partial charge in [-0.15, -0.1) is 0 Å². The average Bonchev–Trinajstić information content (AvgIpc) is 2.29. The molecule has 0 aliphatic carbocycles. The van der Waals surface area contributed by atoms with Crippen LogP contribution in [0.2, 0.25) is 0 Å². The van der Waals surface area contributed by atoms with Gasteiger partial charge in [-0.1, -0.05) is 0 Å². The summed E-state index contributed by atoms with van der Waals surface area (Å²) in [5.74, 6) is 0.785. The Balaban J connectivity index is 1.81. The Bertz CT molecular complexity index is 151. The van der Waals surface area contributed by atoms with Gasteiger partial charge in [-0.2, -0.15) is 0 Å². The predicted octanol–water partition coefficient (Wildman–Crippen LogP) is 0.700. The molecule has 3 nitrogen and oxygen atoms in total. The van der Waals surface area contributed by atoms with Crippen LogP contribution in [0.15, 0.2) is 0 Å². The van der Waals surface area contributed by atoms with Crippen molar-refractivity contribution in [1.82, 2.24) is 4.90 Å². The molecule has 0 amide bonds. The van der Waals surface area contributed by atoms with Gasteiger partial charge in [0, 0.05) is 25.6 Å². The minimum atomic E-state index is 0.268. The molecule has 0 aromatic heterocycles. The second kappa shape index (κ2) is 3.32. The standard InChI is InChI=1S/C9H17NO2/c1-3-11-7(2)10-4-8-6-12-9(8)5-10/h7-9H,3-6H2,1-2H3. The first kappa shape index (κ1) is 8.48. The first-order valence-corrected chi connectivity index (χ1v) is 4.78. The molecule has 0 aromatic rings. The molecule has 2 saturated heterocycles. The molecule has 0 radical (unpaired) electrons. The SMILES string of the molecule is CCOC(C)N1CC2COC2C1. The molecule has 3 atom stereocenters.